The maximum Gasteiger partial charge on any atom is 0.338 e. The number of azo groups is 1. The lowest BCUT2D eigenvalue weighted by atomic mass is 9.85. The van der Waals surface area contributed by atoms with Crippen LogP contribution in [0.3, 0.4) is 0 Å². The van der Waals surface area contributed by atoms with Gasteiger partial charge >= 0.3 is 5.97 Å². The molecular weight excluding hydrogens is 232 g/mol. The van der Waals surface area contributed by atoms with Crippen LogP contribution in [-0.2, 0) is 10.2 Å². The van der Waals surface area contributed by atoms with Crippen molar-refractivity contribution in [2.24, 2.45) is 10.2 Å². The lowest BCUT2D eigenvalue weighted by Gasteiger charge is -2.21. The maximum atomic E-state index is 12.0. The molecule has 1 unspecified atom stereocenters. The highest BCUT2D eigenvalue weighted by Gasteiger charge is 2.32. The molecule has 0 amide bonds. The molecule has 1 aliphatic rings. The van der Waals surface area contributed by atoms with Crippen molar-refractivity contribution >= 4 is 17.4 Å². The van der Waals surface area contributed by atoms with Crippen LogP contribution in [0.15, 0.2) is 28.4 Å². The van der Waals surface area contributed by atoms with Gasteiger partial charge in [0.25, 0.3) is 0 Å². The van der Waals surface area contributed by atoms with Crippen LogP contribution in [0.25, 0.3) is 0 Å². The number of aliphatic carboxylic acids is 1. The Balaban J connectivity index is 2.52. The Hall–Kier alpha value is -2.04. The van der Waals surface area contributed by atoms with Crippen LogP contribution in [0.2, 0.25) is 0 Å². The summed E-state index contributed by atoms with van der Waals surface area (Å²) in [4.78, 5) is 22.9. The molecule has 18 heavy (non-hydrogen) atoms. The number of Topliss-reactive ketones (excluding diaryl/α,β-unsaturated/α-hetero) is 1. The van der Waals surface area contributed by atoms with Crippen molar-refractivity contribution in [2.75, 3.05) is 0 Å². The van der Waals surface area contributed by atoms with E-state index in [-0.39, 0.29) is 5.41 Å². The minimum Gasteiger partial charge on any atom is -0.479 e. The molecule has 1 aromatic carbocycles. The highest BCUT2D eigenvalue weighted by Crippen LogP contribution is 2.32. The number of benzene rings is 1. The Morgan fingerprint density at radius 2 is 2.00 bits per heavy atom. The average molecular weight is 246 g/mol. The molecule has 1 aliphatic heterocycles. The number of carboxylic acids is 1. The van der Waals surface area contributed by atoms with Crippen LogP contribution in [0.4, 0.5) is 5.69 Å². The van der Waals surface area contributed by atoms with Crippen molar-refractivity contribution in [1.29, 1.82) is 0 Å². The third kappa shape index (κ3) is 2.03. The van der Waals surface area contributed by atoms with Crippen LogP contribution in [0, 0.1) is 0 Å². The van der Waals surface area contributed by atoms with Crippen molar-refractivity contribution in [3.8, 4) is 0 Å². The van der Waals surface area contributed by atoms with Gasteiger partial charge in [-0.1, -0.05) is 26.8 Å². The fourth-order valence-corrected chi connectivity index (χ4v) is 1.77. The maximum absolute atomic E-state index is 12.0. The van der Waals surface area contributed by atoms with E-state index in [1.807, 2.05) is 26.8 Å². The van der Waals surface area contributed by atoms with E-state index in [1.165, 1.54) is 0 Å². The first-order valence-electron chi connectivity index (χ1n) is 5.63. The summed E-state index contributed by atoms with van der Waals surface area (Å²) in [5, 5.41) is 16.2. The second-order valence-electron chi connectivity index (χ2n) is 5.30. The highest BCUT2D eigenvalue weighted by molar-refractivity contribution is 6.14. The number of carboxylic acid groups (broad SMARTS) is 1. The van der Waals surface area contributed by atoms with Crippen molar-refractivity contribution in [3.63, 3.8) is 0 Å². The van der Waals surface area contributed by atoms with E-state index in [0.29, 0.717) is 11.3 Å². The zero-order valence-corrected chi connectivity index (χ0v) is 10.5. The Morgan fingerprint density at radius 1 is 1.33 bits per heavy atom. The minimum atomic E-state index is -1.41. The standard InChI is InChI=1S/C13H14N2O3/c1-13(2,3)7-4-5-9-8(6-7)11(16)10(12(17)18)15-14-9/h4-6,10H,1-3H3,(H,17,18). The topological polar surface area (TPSA) is 79.1 Å². The molecule has 0 saturated heterocycles. The van der Waals surface area contributed by atoms with E-state index in [2.05, 4.69) is 10.2 Å². The van der Waals surface area contributed by atoms with E-state index >= 15 is 0 Å². The van der Waals surface area contributed by atoms with Gasteiger partial charge in [0.2, 0.25) is 11.8 Å². The first-order chi connectivity index (χ1) is 8.30. The number of nitrogens with zero attached hydrogens (tertiary/aromatic N) is 2. The van der Waals surface area contributed by atoms with E-state index in [4.69, 9.17) is 5.11 Å². The van der Waals surface area contributed by atoms with Gasteiger partial charge in [-0.15, -0.1) is 0 Å². The van der Waals surface area contributed by atoms with Crippen LogP contribution < -0.4 is 0 Å². The molecule has 0 saturated carbocycles. The van der Waals surface area contributed by atoms with Gasteiger partial charge in [-0.3, -0.25) is 4.79 Å². The van der Waals surface area contributed by atoms with Crippen LogP contribution in [-0.4, -0.2) is 22.9 Å². The first kappa shape index (κ1) is 12.4. The number of ketones is 1. The number of hydrogen-bond acceptors (Lipinski definition) is 4. The quantitative estimate of drug-likeness (QED) is 0.774. The van der Waals surface area contributed by atoms with Gasteiger partial charge in [-0.25, -0.2) is 4.79 Å². The average Bonchev–Trinajstić information content (AvgIpc) is 2.27. The molecule has 0 fully saturated rings. The van der Waals surface area contributed by atoms with Crippen molar-refractivity contribution in [3.05, 3.63) is 29.3 Å². The third-order valence-electron chi connectivity index (χ3n) is 2.89. The molecule has 0 aliphatic carbocycles. The van der Waals surface area contributed by atoms with Gasteiger partial charge in [0.15, 0.2) is 0 Å². The van der Waals surface area contributed by atoms with Gasteiger partial charge in [0.1, 0.15) is 0 Å². The highest BCUT2D eigenvalue weighted by atomic mass is 16.4. The van der Waals surface area contributed by atoms with Crippen LogP contribution >= 0.6 is 0 Å². The largest absolute Gasteiger partial charge is 0.479 e. The summed E-state index contributed by atoms with van der Waals surface area (Å²) >= 11 is 0. The smallest absolute Gasteiger partial charge is 0.338 e. The lowest BCUT2D eigenvalue weighted by Crippen LogP contribution is -2.30. The van der Waals surface area contributed by atoms with E-state index in [0.717, 1.165) is 5.56 Å². The normalized spacial score (nSPS) is 18.6. The zero-order valence-electron chi connectivity index (χ0n) is 10.5. The summed E-state index contributed by atoms with van der Waals surface area (Å²) in [5.74, 6) is -1.77. The van der Waals surface area contributed by atoms with Gasteiger partial charge in [0.05, 0.1) is 5.69 Å². The number of rotatable bonds is 1. The van der Waals surface area contributed by atoms with Gasteiger partial charge in [-0.2, -0.15) is 10.2 Å². The van der Waals surface area contributed by atoms with Gasteiger partial charge in [-0.05, 0) is 23.1 Å². The summed E-state index contributed by atoms with van der Waals surface area (Å²) in [6.07, 6.45) is 0. The summed E-state index contributed by atoms with van der Waals surface area (Å²) in [6.45, 7) is 6.08. The minimum absolute atomic E-state index is 0.109. The summed E-state index contributed by atoms with van der Waals surface area (Å²) in [5.41, 5.74) is 1.63. The Labute approximate surface area is 105 Å². The second-order valence-corrected chi connectivity index (χ2v) is 5.30. The summed E-state index contributed by atoms with van der Waals surface area (Å²) in [7, 11) is 0. The van der Waals surface area contributed by atoms with Crippen LogP contribution in [0.5, 0.6) is 0 Å². The molecule has 1 heterocycles. The summed E-state index contributed by atoms with van der Waals surface area (Å²) < 4.78 is 0. The third-order valence-corrected chi connectivity index (χ3v) is 2.89. The van der Waals surface area contributed by atoms with E-state index in [1.54, 1.807) is 12.1 Å². The molecule has 1 atom stereocenters. The van der Waals surface area contributed by atoms with Gasteiger partial charge < -0.3 is 5.11 Å². The fraction of sp³-hybridized carbons (Fsp3) is 0.385. The van der Waals surface area contributed by atoms with E-state index < -0.39 is 17.8 Å². The molecule has 0 spiro atoms. The molecule has 0 aromatic heterocycles. The number of carbonyl (C=O) groups is 2. The van der Waals surface area contributed by atoms with Crippen molar-refractivity contribution in [1.82, 2.24) is 0 Å². The van der Waals surface area contributed by atoms with Crippen molar-refractivity contribution < 1.29 is 14.7 Å². The molecule has 94 valence electrons. The summed E-state index contributed by atoms with van der Waals surface area (Å²) in [6, 6.07) is 3.89. The molecular formula is C13H14N2O3. The molecule has 1 N–H and O–H groups in total. The predicted octanol–water partition coefficient (Wildman–Crippen LogP) is 2.72. The van der Waals surface area contributed by atoms with Crippen LogP contribution in [0.1, 0.15) is 36.7 Å². The molecule has 5 heteroatoms. The van der Waals surface area contributed by atoms with Gasteiger partial charge in [0, 0.05) is 5.56 Å². The molecule has 0 bridgehead atoms. The molecule has 0 radical (unpaired) electrons. The van der Waals surface area contributed by atoms with Crippen molar-refractivity contribution in [2.45, 2.75) is 32.2 Å². The monoisotopic (exact) mass is 246 g/mol. The predicted molar refractivity (Wildman–Crippen MR) is 65.4 cm³/mol. The molecule has 2 rings (SSSR count). The Bertz CT molecular complexity index is 556. The Kier molecular flexibility index (Phi) is 2.77. The number of carbonyl (C=O) groups excluding carboxylic acids is 1. The molecule has 1 aromatic rings. The first-order valence-corrected chi connectivity index (χ1v) is 5.63. The SMILES string of the molecule is CC(C)(C)c1ccc2c(c1)C(=O)C(C(=O)O)N=N2. The second kappa shape index (κ2) is 4.01. The lowest BCUT2D eigenvalue weighted by molar-refractivity contribution is -0.137. The number of fused-ring (bicyclic) bond motifs is 1. The number of hydrogen-bond donors (Lipinski definition) is 1. The molecule has 5 nitrogen and oxygen atoms in total. The van der Waals surface area contributed by atoms with E-state index in [9.17, 15) is 9.59 Å². The Morgan fingerprint density at radius 3 is 2.56 bits per heavy atom. The zero-order chi connectivity index (χ0) is 13.5. The fourth-order valence-electron chi connectivity index (χ4n) is 1.77.